The molecule has 9 nitrogen and oxygen atoms in total. The fourth-order valence-electron chi connectivity index (χ4n) is 2.44. The summed E-state index contributed by atoms with van der Waals surface area (Å²) in [6, 6.07) is 13.2. The van der Waals surface area contributed by atoms with Gasteiger partial charge in [0.2, 0.25) is 0 Å². The van der Waals surface area contributed by atoms with E-state index >= 15 is 0 Å². The van der Waals surface area contributed by atoms with Gasteiger partial charge >= 0.3 is 0 Å². The number of hydrogen-bond acceptors (Lipinski definition) is 6. The summed E-state index contributed by atoms with van der Waals surface area (Å²) < 4.78 is 10.1. The third kappa shape index (κ3) is 4.15. The lowest BCUT2D eigenvalue weighted by Gasteiger charge is -2.11. The van der Waals surface area contributed by atoms with E-state index in [1.54, 1.807) is 24.3 Å². The van der Waals surface area contributed by atoms with E-state index in [0.717, 1.165) is 0 Å². The number of carbonyl (C=O) groups is 2. The number of non-ortho nitro benzene ring substituents is 1. The Morgan fingerprint density at radius 3 is 2.54 bits per heavy atom. The first kappa shape index (κ1) is 18.6. The van der Waals surface area contributed by atoms with Crippen LogP contribution in [0.2, 0.25) is 0 Å². The van der Waals surface area contributed by atoms with Crippen molar-refractivity contribution in [3.8, 4) is 5.75 Å². The topological polar surface area (TPSA) is 124 Å². The van der Waals surface area contributed by atoms with Crippen molar-refractivity contribution in [2.45, 2.75) is 0 Å². The minimum Gasteiger partial charge on any atom is -0.495 e. The predicted molar refractivity (Wildman–Crippen MR) is 101 cm³/mol. The number of ether oxygens (including phenoxy) is 1. The molecule has 2 aromatic carbocycles. The molecule has 1 heterocycles. The number of nitrogens with one attached hydrogen (secondary N) is 2. The first-order chi connectivity index (χ1) is 13.5. The summed E-state index contributed by atoms with van der Waals surface area (Å²) in [7, 11) is 1.39. The number of nitrogens with zero attached hydrogens (tertiary/aromatic N) is 1. The van der Waals surface area contributed by atoms with Crippen LogP contribution in [0, 0.1) is 10.1 Å². The highest BCUT2D eigenvalue weighted by Gasteiger charge is 2.16. The number of anilines is 2. The summed E-state index contributed by atoms with van der Waals surface area (Å²) in [6.45, 7) is 0. The third-order valence-corrected chi connectivity index (χ3v) is 3.77. The fraction of sp³-hybridized carbons (Fsp3) is 0.0526. The van der Waals surface area contributed by atoms with Gasteiger partial charge in [-0.05, 0) is 36.4 Å². The van der Waals surface area contributed by atoms with Gasteiger partial charge in [-0.1, -0.05) is 6.07 Å². The highest BCUT2D eigenvalue weighted by Crippen LogP contribution is 2.29. The van der Waals surface area contributed by atoms with Gasteiger partial charge in [-0.3, -0.25) is 19.7 Å². The number of nitro groups is 1. The number of hydrogen-bond donors (Lipinski definition) is 2. The van der Waals surface area contributed by atoms with Gasteiger partial charge in [0.05, 0.1) is 24.0 Å². The molecule has 0 aliphatic carbocycles. The predicted octanol–water partition coefficient (Wildman–Crippen LogP) is 3.70. The molecule has 0 atom stereocenters. The van der Waals surface area contributed by atoms with Crippen molar-refractivity contribution in [1.29, 1.82) is 0 Å². The number of benzene rings is 2. The molecule has 0 spiro atoms. The second-order valence-corrected chi connectivity index (χ2v) is 5.61. The Morgan fingerprint density at radius 2 is 1.86 bits per heavy atom. The highest BCUT2D eigenvalue weighted by atomic mass is 16.6. The molecule has 0 saturated carbocycles. The summed E-state index contributed by atoms with van der Waals surface area (Å²) in [6.07, 6.45) is 1.38. The molecule has 2 N–H and O–H groups in total. The summed E-state index contributed by atoms with van der Waals surface area (Å²) in [5.41, 5.74) is 0.605. The molecule has 0 aliphatic heterocycles. The summed E-state index contributed by atoms with van der Waals surface area (Å²) in [4.78, 5) is 35.0. The zero-order valence-electron chi connectivity index (χ0n) is 14.7. The molecule has 0 fully saturated rings. The maximum absolute atomic E-state index is 12.6. The third-order valence-electron chi connectivity index (χ3n) is 3.77. The normalized spacial score (nSPS) is 10.2. The van der Waals surface area contributed by atoms with Crippen LogP contribution in [-0.2, 0) is 0 Å². The monoisotopic (exact) mass is 381 g/mol. The molecule has 0 bridgehead atoms. The van der Waals surface area contributed by atoms with E-state index in [1.807, 2.05) is 0 Å². The summed E-state index contributed by atoms with van der Waals surface area (Å²) >= 11 is 0. The zero-order valence-corrected chi connectivity index (χ0v) is 14.7. The SMILES string of the molecule is COc1ccc([N+](=O)[O-])cc1NC(=O)c1cccc(NC(=O)c2ccco2)c1. The second-order valence-electron chi connectivity index (χ2n) is 5.61. The van der Waals surface area contributed by atoms with E-state index in [0.29, 0.717) is 5.69 Å². The molecule has 3 rings (SSSR count). The Kier molecular flexibility index (Phi) is 5.35. The van der Waals surface area contributed by atoms with Crippen molar-refractivity contribution in [3.63, 3.8) is 0 Å². The molecule has 142 valence electrons. The van der Waals surface area contributed by atoms with Gasteiger partial charge in [0.25, 0.3) is 17.5 Å². The average Bonchev–Trinajstić information content (AvgIpc) is 3.23. The lowest BCUT2D eigenvalue weighted by atomic mass is 10.1. The van der Waals surface area contributed by atoms with E-state index in [9.17, 15) is 19.7 Å². The molecule has 0 radical (unpaired) electrons. The molecule has 3 aromatic rings. The smallest absolute Gasteiger partial charge is 0.291 e. The highest BCUT2D eigenvalue weighted by molar-refractivity contribution is 6.07. The van der Waals surface area contributed by atoms with Crippen molar-refractivity contribution < 1.29 is 23.7 Å². The van der Waals surface area contributed by atoms with Crippen molar-refractivity contribution in [2.24, 2.45) is 0 Å². The molecule has 2 amide bonds. The van der Waals surface area contributed by atoms with Crippen molar-refractivity contribution >= 4 is 28.9 Å². The molecule has 9 heteroatoms. The van der Waals surface area contributed by atoms with Crippen LogP contribution in [0.4, 0.5) is 17.1 Å². The van der Waals surface area contributed by atoms with E-state index < -0.39 is 16.7 Å². The van der Waals surface area contributed by atoms with E-state index in [2.05, 4.69) is 10.6 Å². The standard InChI is InChI=1S/C19H15N3O6/c1-27-16-8-7-14(22(25)26)11-15(16)21-18(23)12-4-2-5-13(10-12)20-19(24)17-6-3-9-28-17/h2-11H,1H3,(H,20,24)(H,21,23). The van der Waals surface area contributed by atoms with Gasteiger partial charge in [0.15, 0.2) is 5.76 Å². The Morgan fingerprint density at radius 1 is 1.04 bits per heavy atom. The quantitative estimate of drug-likeness (QED) is 0.496. The maximum atomic E-state index is 12.6. The van der Waals surface area contributed by atoms with Crippen molar-refractivity contribution in [3.05, 3.63) is 82.3 Å². The van der Waals surface area contributed by atoms with E-state index in [1.165, 1.54) is 43.7 Å². The van der Waals surface area contributed by atoms with Gasteiger partial charge in [-0.2, -0.15) is 0 Å². The van der Waals surface area contributed by atoms with Crippen molar-refractivity contribution in [2.75, 3.05) is 17.7 Å². The first-order valence-electron chi connectivity index (χ1n) is 8.06. The number of amides is 2. The number of furan rings is 1. The Hall–Kier alpha value is -4.14. The maximum Gasteiger partial charge on any atom is 0.291 e. The number of carbonyl (C=O) groups excluding carboxylic acids is 2. The van der Waals surface area contributed by atoms with Gasteiger partial charge in [0, 0.05) is 23.4 Å². The summed E-state index contributed by atoms with van der Waals surface area (Å²) in [5, 5.41) is 16.2. The molecule has 0 unspecified atom stereocenters. The van der Waals surface area contributed by atoms with E-state index in [-0.39, 0.29) is 28.4 Å². The van der Waals surface area contributed by atoms with Gasteiger partial charge in [0.1, 0.15) is 5.75 Å². The Balaban J connectivity index is 1.79. The lowest BCUT2D eigenvalue weighted by molar-refractivity contribution is -0.384. The van der Waals surface area contributed by atoms with Crippen LogP contribution in [-0.4, -0.2) is 23.8 Å². The van der Waals surface area contributed by atoms with Gasteiger partial charge < -0.3 is 19.8 Å². The van der Waals surface area contributed by atoms with E-state index in [4.69, 9.17) is 9.15 Å². The minimum atomic E-state index is -0.570. The fourth-order valence-corrected chi connectivity index (χ4v) is 2.44. The molecular weight excluding hydrogens is 366 g/mol. The van der Waals surface area contributed by atoms with Gasteiger partial charge in [-0.25, -0.2) is 0 Å². The minimum absolute atomic E-state index is 0.135. The zero-order chi connectivity index (χ0) is 20.1. The van der Waals surface area contributed by atoms with Crippen LogP contribution >= 0.6 is 0 Å². The van der Waals surface area contributed by atoms with Crippen molar-refractivity contribution in [1.82, 2.24) is 0 Å². The lowest BCUT2D eigenvalue weighted by Crippen LogP contribution is -2.15. The Bertz CT molecular complexity index is 1030. The van der Waals surface area contributed by atoms with Crippen LogP contribution < -0.4 is 15.4 Å². The average molecular weight is 381 g/mol. The number of methoxy groups -OCH3 is 1. The van der Waals surface area contributed by atoms with Crippen LogP contribution in [0.1, 0.15) is 20.9 Å². The van der Waals surface area contributed by atoms with Crippen LogP contribution in [0.15, 0.2) is 65.3 Å². The van der Waals surface area contributed by atoms with Crippen LogP contribution in [0.5, 0.6) is 5.75 Å². The molecule has 0 aliphatic rings. The first-order valence-corrected chi connectivity index (χ1v) is 8.06. The largest absolute Gasteiger partial charge is 0.495 e. The summed E-state index contributed by atoms with van der Waals surface area (Å²) in [5.74, 6) is -0.562. The Labute approximate surface area is 159 Å². The molecular formula is C19H15N3O6. The molecule has 1 aromatic heterocycles. The number of rotatable bonds is 6. The second kappa shape index (κ2) is 8.04. The number of nitro benzene ring substituents is 1. The molecule has 28 heavy (non-hydrogen) atoms. The van der Waals surface area contributed by atoms with Crippen LogP contribution in [0.25, 0.3) is 0 Å². The van der Waals surface area contributed by atoms with Crippen LogP contribution in [0.3, 0.4) is 0 Å². The molecule has 0 saturated heterocycles. The van der Waals surface area contributed by atoms with Gasteiger partial charge in [-0.15, -0.1) is 0 Å².